The van der Waals surface area contributed by atoms with Gasteiger partial charge >= 0.3 is 0 Å². The van der Waals surface area contributed by atoms with Crippen molar-refractivity contribution in [1.82, 2.24) is 15.0 Å². The standard InChI is InChI=1S/C47H31N3/c1-2-15-37-34(13-1)29-43(41-19-7-5-17-39(37)41)42-20-8-6-18-40(42)38-16-4-3-14-36(38)33-25-23-32(24-26-33)35-30-46(44-21-9-11-27-48-44)50-47(31-35)45-22-10-12-28-49-45/h1-31H. The smallest absolute Gasteiger partial charge is 0.0900 e. The highest BCUT2D eigenvalue weighted by Crippen LogP contribution is 2.42. The van der Waals surface area contributed by atoms with Crippen molar-refractivity contribution in [3.05, 3.63) is 188 Å². The van der Waals surface area contributed by atoms with E-state index in [0.717, 1.165) is 39.5 Å². The van der Waals surface area contributed by atoms with Gasteiger partial charge in [0.2, 0.25) is 0 Å². The lowest BCUT2D eigenvalue weighted by Gasteiger charge is -2.17. The van der Waals surface area contributed by atoms with E-state index in [4.69, 9.17) is 4.98 Å². The number of aromatic nitrogens is 3. The molecule has 0 atom stereocenters. The van der Waals surface area contributed by atoms with Gasteiger partial charge in [0.05, 0.1) is 22.8 Å². The fraction of sp³-hybridized carbons (Fsp3) is 0. The van der Waals surface area contributed by atoms with E-state index in [0.29, 0.717) is 0 Å². The summed E-state index contributed by atoms with van der Waals surface area (Å²) >= 11 is 0. The highest BCUT2D eigenvalue weighted by molar-refractivity contribution is 6.15. The van der Waals surface area contributed by atoms with Crippen LogP contribution in [0.25, 0.3) is 88.8 Å². The van der Waals surface area contributed by atoms with Gasteiger partial charge in [0.25, 0.3) is 0 Å². The lowest BCUT2D eigenvalue weighted by atomic mass is 9.86. The molecule has 0 saturated heterocycles. The van der Waals surface area contributed by atoms with Gasteiger partial charge in [-0.3, -0.25) is 9.97 Å². The van der Waals surface area contributed by atoms with Crippen molar-refractivity contribution in [2.75, 3.05) is 0 Å². The van der Waals surface area contributed by atoms with Gasteiger partial charge in [-0.1, -0.05) is 133 Å². The summed E-state index contributed by atoms with van der Waals surface area (Å²) in [6.45, 7) is 0. The van der Waals surface area contributed by atoms with Crippen LogP contribution in [-0.4, -0.2) is 15.0 Å². The van der Waals surface area contributed by atoms with E-state index in [2.05, 4.69) is 149 Å². The Morgan fingerprint density at radius 1 is 0.280 bits per heavy atom. The van der Waals surface area contributed by atoms with Crippen LogP contribution < -0.4 is 0 Å². The summed E-state index contributed by atoms with van der Waals surface area (Å²) in [5.74, 6) is 0. The van der Waals surface area contributed by atoms with Crippen LogP contribution in [-0.2, 0) is 0 Å². The highest BCUT2D eigenvalue weighted by atomic mass is 14.8. The summed E-state index contributed by atoms with van der Waals surface area (Å²) in [6, 6.07) is 62.2. The zero-order valence-electron chi connectivity index (χ0n) is 27.2. The first-order valence-corrected chi connectivity index (χ1v) is 16.9. The number of pyridine rings is 3. The average molecular weight is 638 g/mol. The van der Waals surface area contributed by atoms with Crippen LogP contribution in [0, 0.1) is 0 Å². The molecule has 0 radical (unpaired) electrons. The quantitative estimate of drug-likeness (QED) is 0.170. The van der Waals surface area contributed by atoms with Crippen LogP contribution in [0.5, 0.6) is 0 Å². The Kier molecular flexibility index (Phi) is 7.49. The molecule has 9 aromatic rings. The second-order valence-electron chi connectivity index (χ2n) is 12.4. The minimum Gasteiger partial charge on any atom is -0.255 e. The third-order valence-electron chi connectivity index (χ3n) is 9.41. The molecule has 6 aromatic carbocycles. The van der Waals surface area contributed by atoms with Gasteiger partial charge in [0.15, 0.2) is 0 Å². The summed E-state index contributed by atoms with van der Waals surface area (Å²) in [5, 5.41) is 5.05. The molecule has 0 aliphatic rings. The molecular formula is C47H31N3. The fourth-order valence-electron chi connectivity index (χ4n) is 7.03. The Balaban J connectivity index is 1.15. The molecule has 3 heterocycles. The van der Waals surface area contributed by atoms with Crippen LogP contribution >= 0.6 is 0 Å². The monoisotopic (exact) mass is 637 g/mol. The van der Waals surface area contributed by atoms with Gasteiger partial charge < -0.3 is 0 Å². The minimum atomic E-state index is 0.816. The lowest BCUT2D eigenvalue weighted by molar-refractivity contribution is 1.22. The van der Waals surface area contributed by atoms with E-state index in [-0.39, 0.29) is 0 Å². The predicted octanol–water partition coefficient (Wildman–Crippen LogP) is 12.2. The fourth-order valence-corrected chi connectivity index (χ4v) is 7.03. The molecule has 9 rings (SSSR count). The minimum absolute atomic E-state index is 0.816. The Hall–Kier alpha value is -6.71. The van der Waals surface area contributed by atoms with Gasteiger partial charge in [-0.05, 0) is 109 Å². The van der Waals surface area contributed by atoms with Crippen molar-refractivity contribution in [1.29, 1.82) is 0 Å². The van der Waals surface area contributed by atoms with E-state index in [1.165, 1.54) is 49.4 Å². The number of hydrogen-bond acceptors (Lipinski definition) is 3. The van der Waals surface area contributed by atoms with Crippen molar-refractivity contribution in [3.8, 4) is 67.3 Å². The molecular weight excluding hydrogens is 607 g/mol. The molecule has 234 valence electrons. The van der Waals surface area contributed by atoms with Crippen LogP contribution in [0.15, 0.2) is 188 Å². The molecule has 0 spiro atoms. The van der Waals surface area contributed by atoms with Crippen molar-refractivity contribution in [2.45, 2.75) is 0 Å². The number of fused-ring (bicyclic) bond motifs is 3. The lowest BCUT2D eigenvalue weighted by Crippen LogP contribution is -1.94. The van der Waals surface area contributed by atoms with Crippen molar-refractivity contribution in [2.24, 2.45) is 0 Å². The number of rotatable bonds is 6. The van der Waals surface area contributed by atoms with Crippen LogP contribution in [0.4, 0.5) is 0 Å². The number of hydrogen-bond donors (Lipinski definition) is 0. The highest BCUT2D eigenvalue weighted by Gasteiger charge is 2.16. The van der Waals surface area contributed by atoms with Gasteiger partial charge in [-0.2, -0.15) is 0 Å². The molecule has 3 nitrogen and oxygen atoms in total. The van der Waals surface area contributed by atoms with Crippen LogP contribution in [0.3, 0.4) is 0 Å². The third kappa shape index (κ3) is 5.41. The largest absolute Gasteiger partial charge is 0.255 e. The molecule has 0 saturated carbocycles. The maximum atomic E-state index is 4.95. The van der Waals surface area contributed by atoms with Gasteiger partial charge in [-0.25, -0.2) is 4.98 Å². The molecule has 0 unspecified atom stereocenters. The Morgan fingerprint density at radius 2 is 0.760 bits per heavy atom. The topological polar surface area (TPSA) is 38.7 Å². The normalized spacial score (nSPS) is 11.2. The first-order chi connectivity index (χ1) is 24.8. The molecule has 0 bridgehead atoms. The van der Waals surface area contributed by atoms with Crippen LogP contribution in [0.1, 0.15) is 0 Å². The van der Waals surface area contributed by atoms with E-state index in [1.807, 2.05) is 36.4 Å². The maximum absolute atomic E-state index is 4.95. The Bertz CT molecular complexity index is 2570. The number of nitrogens with zero attached hydrogens (tertiary/aromatic N) is 3. The number of benzene rings is 6. The van der Waals surface area contributed by atoms with Gasteiger partial charge in [0, 0.05) is 12.4 Å². The molecule has 0 aliphatic heterocycles. The van der Waals surface area contributed by atoms with E-state index < -0.39 is 0 Å². The first-order valence-electron chi connectivity index (χ1n) is 16.9. The molecule has 50 heavy (non-hydrogen) atoms. The average Bonchev–Trinajstić information content (AvgIpc) is 3.21. The van der Waals surface area contributed by atoms with E-state index in [1.54, 1.807) is 12.4 Å². The Labute approximate surface area is 291 Å². The molecule has 0 fully saturated rings. The van der Waals surface area contributed by atoms with Crippen molar-refractivity contribution < 1.29 is 0 Å². The molecule has 0 amide bonds. The summed E-state index contributed by atoms with van der Waals surface area (Å²) in [5.41, 5.74) is 12.7. The third-order valence-corrected chi connectivity index (χ3v) is 9.41. The summed E-state index contributed by atoms with van der Waals surface area (Å²) in [4.78, 5) is 14.1. The first kappa shape index (κ1) is 29.4. The van der Waals surface area contributed by atoms with Crippen molar-refractivity contribution >= 4 is 21.5 Å². The second kappa shape index (κ2) is 12.7. The van der Waals surface area contributed by atoms with E-state index in [9.17, 15) is 0 Å². The molecule has 0 N–H and O–H groups in total. The SMILES string of the molecule is c1ccc(-c2cc(-c3ccc(-c4ccccc4-c4ccccc4-c4cc5ccccc5c5ccccc45)cc3)cc(-c3ccccn3)n2)nc1. The molecule has 3 aromatic heterocycles. The van der Waals surface area contributed by atoms with Gasteiger partial charge in [0.1, 0.15) is 0 Å². The van der Waals surface area contributed by atoms with Crippen molar-refractivity contribution in [3.63, 3.8) is 0 Å². The predicted molar refractivity (Wildman–Crippen MR) is 207 cm³/mol. The van der Waals surface area contributed by atoms with Gasteiger partial charge in [-0.15, -0.1) is 0 Å². The molecule has 0 aliphatic carbocycles. The zero-order valence-corrected chi connectivity index (χ0v) is 27.2. The zero-order chi connectivity index (χ0) is 33.3. The summed E-state index contributed by atoms with van der Waals surface area (Å²) in [6.07, 6.45) is 3.61. The summed E-state index contributed by atoms with van der Waals surface area (Å²) < 4.78 is 0. The molecule has 3 heteroatoms. The van der Waals surface area contributed by atoms with Crippen LogP contribution in [0.2, 0.25) is 0 Å². The Morgan fingerprint density at radius 3 is 1.38 bits per heavy atom. The maximum Gasteiger partial charge on any atom is 0.0900 e. The summed E-state index contributed by atoms with van der Waals surface area (Å²) in [7, 11) is 0. The van der Waals surface area contributed by atoms with E-state index >= 15 is 0 Å². The second-order valence-corrected chi connectivity index (χ2v) is 12.4.